The van der Waals surface area contributed by atoms with E-state index in [0.717, 1.165) is 16.7 Å². The Morgan fingerprint density at radius 2 is 1.94 bits per heavy atom. The molecular weight excluding hydrogens is 234 g/mol. The SMILES string of the molecule is COc1cc(-c2ccccc2CN)ccc1Cl. The van der Waals surface area contributed by atoms with Crippen LogP contribution in [0, 0.1) is 0 Å². The highest BCUT2D eigenvalue weighted by Crippen LogP contribution is 2.31. The molecule has 0 saturated heterocycles. The van der Waals surface area contributed by atoms with E-state index in [1.54, 1.807) is 7.11 Å². The number of hydrogen-bond donors (Lipinski definition) is 1. The largest absolute Gasteiger partial charge is 0.495 e. The molecule has 2 aromatic carbocycles. The monoisotopic (exact) mass is 247 g/mol. The molecule has 0 heterocycles. The molecule has 0 atom stereocenters. The minimum atomic E-state index is 0.515. The van der Waals surface area contributed by atoms with Crippen molar-refractivity contribution in [3.63, 3.8) is 0 Å². The molecule has 3 heteroatoms. The van der Waals surface area contributed by atoms with Crippen molar-refractivity contribution in [2.75, 3.05) is 7.11 Å². The Bertz CT molecular complexity index is 525. The Morgan fingerprint density at radius 1 is 1.18 bits per heavy atom. The van der Waals surface area contributed by atoms with Gasteiger partial charge in [0, 0.05) is 6.54 Å². The molecule has 88 valence electrons. The molecule has 0 fully saturated rings. The lowest BCUT2D eigenvalue weighted by Gasteiger charge is -2.10. The van der Waals surface area contributed by atoms with Crippen molar-refractivity contribution >= 4 is 11.6 Å². The van der Waals surface area contributed by atoms with Gasteiger partial charge in [-0.1, -0.05) is 41.9 Å². The van der Waals surface area contributed by atoms with Crippen LogP contribution in [-0.2, 0) is 6.54 Å². The van der Waals surface area contributed by atoms with Crippen molar-refractivity contribution in [1.82, 2.24) is 0 Å². The van der Waals surface area contributed by atoms with Crippen molar-refractivity contribution in [3.05, 3.63) is 53.1 Å². The van der Waals surface area contributed by atoms with Gasteiger partial charge in [0.15, 0.2) is 0 Å². The molecule has 0 aliphatic carbocycles. The second kappa shape index (κ2) is 5.21. The topological polar surface area (TPSA) is 35.2 Å². The van der Waals surface area contributed by atoms with Crippen LogP contribution in [0.2, 0.25) is 5.02 Å². The van der Waals surface area contributed by atoms with Gasteiger partial charge in [-0.3, -0.25) is 0 Å². The summed E-state index contributed by atoms with van der Waals surface area (Å²) < 4.78 is 5.22. The third kappa shape index (κ3) is 2.43. The normalized spacial score (nSPS) is 10.3. The molecule has 0 aliphatic rings. The molecular formula is C14H14ClNO. The number of rotatable bonds is 3. The Kier molecular flexibility index (Phi) is 3.67. The molecule has 0 saturated carbocycles. The van der Waals surface area contributed by atoms with Crippen molar-refractivity contribution < 1.29 is 4.74 Å². The lowest BCUT2D eigenvalue weighted by molar-refractivity contribution is 0.415. The molecule has 0 unspecified atom stereocenters. The molecule has 0 aromatic heterocycles. The van der Waals surface area contributed by atoms with E-state index in [4.69, 9.17) is 22.1 Å². The summed E-state index contributed by atoms with van der Waals surface area (Å²) in [7, 11) is 1.61. The van der Waals surface area contributed by atoms with Crippen LogP contribution in [0.15, 0.2) is 42.5 Å². The van der Waals surface area contributed by atoms with E-state index in [1.165, 1.54) is 0 Å². The first-order chi connectivity index (χ1) is 8.26. The van der Waals surface area contributed by atoms with E-state index in [1.807, 2.05) is 42.5 Å². The summed E-state index contributed by atoms with van der Waals surface area (Å²) in [5.41, 5.74) is 9.02. The van der Waals surface area contributed by atoms with Crippen LogP contribution in [-0.4, -0.2) is 7.11 Å². The lowest BCUT2D eigenvalue weighted by atomic mass is 9.99. The maximum atomic E-state index is 6.01. The van der Waals surface area contributed by atoms with Crippen LogP contribution in [0.5, 0.6) is 5.75 Å². The molecule has 17 heavy (non-hydrogen) atoms. The van der Waals surface area contributed by atoms with Crippen LogP contribution < -0.4 is 10.5 Å². The van der Waals surface area contributed by atoms with Crippen LogP contribution in [0.25, 0.3) is 11.1 Å². The second-order valence-corrected chi connectivity index (χ2v) is 4.12. The molecule has 0 amide bonds. The van der Waals surface area contributed by atoms with Gasteiger partial charge in [-0.05, 0) is 28.8 Å². The van der Waals surface area contributed by atoms with Gasteiger partial charge < -0.3 is 10.5 Å². The van der Waals surface area contributed by atoms with E-state index in [2.05, 4.69) is 0 Å². The minimum Gasteiger partial charge on any atom is -0.495 e. The summed E-state index contributed by atoms with van der Waals surface area (Å²) in [5, 5.41) is 0.612. The van der Waals surface area contributed by atoms with Gasteiger partial charge in [0.25, 0.3) is 0 Å². The first-order valence-corrected chi connectivity index (χ1v) is 5.76. The molecule has 0 bridgehead atoms. The molecule has 2 aromatic rings. The summed E-state index contributed by atoms with van der Waals surface area (Å²) in [6, 6.07) is 13.8. The summed E-state index contributed by atoms with van der Waals surface area (Å²) in [6.45, 7) is 0.515. The van der Waals surface area contributed by atoms with Crippen molar-refractivity contribution in [3.8, 4) is 16.9 Å². The van der Waals surface area contributed by atoms with Gasteiger partial charge in [-0.25, -0.2) is 0 Å². The van der Waals surface area contributed by atoms with E-state index >= 15 is 0 Å². The molecule has 0 radical (unpaired) electrons. The zero-order valence-electron chi connectivity index (χ0n) is 9.61. The van der Waals surface area contributed by atoms with Gasteiger partial charge in [-0.2, -0.15) is 0 Å². The smallest absolute Gasteiger partial charge is 0.138 e. The number of methoxy groups -OCH3 is 1. The maximum Gasteiger partial charge on any atom is 0.138 e. The van der Waals surface area contributed by atoms with Crippen molar-refractivity contribution in [1.29, 1.82) is 0 Å². The van der Waals surface area contributed by atoms with Gasteiger partial charge in [-0.15, -0.1) is 0 Å². The maximum absolute atomic E-state index is 6.01. The second-order valence-electron chi connectivity index (χ2n) is 3.71. The van der Waals surface area contributed by atoms with Crippen molar-refractivity contribution in [2.45, 2.75) is 6.54 Å². The fraction of sp³-hybridized carbons (Fsp3) is 0.143. The summed E-state index contributed by atoms with van der Waals surface area (Å²) in [5.74, 6) is 0.677. The average molecular weight is 248 g/mol. The quantitative estimate of drug-likeness (QED) is 0.901. The number of ether oxygens (including phenoxy) is 1. The third-order valence-electron chi connectivity index (χ3n) is 2.70. The number of halogens is 1. The highest BCUT2D eigenvalue weighted by Gasteiger charge is 2.06. The molecule has 0 spiro atoms. The van der Waals surface area contributed by atoms with Crippen LogP contribution >= 0.6 is 11.6 Å². The Labute approximate surface area is 106 Å². The van der Waals surface area contributed by atoms with E-state index in [9.17, 15) is 0 Å². The van der Waals surface area contributed by atoms with Crippen molar-refractivity contribution in [2.24, 2.45) is 5.73 Å². The molecule has 2 rings (SSSR count). The molecule has 2 N–H and O–H groups in total. The number of benzene rings is 2. The van der Waals surface area contributed by atoms with Gasteiger partial charge in [0.05, 0.1) is 12.1 Å². The zero-order chi connectivity index (χ0) is 12.3. The standard InChI is InChI=1S/C14H14ClNO/c1-17-14-8-10(6-7-13(14)15)12-5-3-2-4-11(12)9-16/h2-8H,9,16H2,1H3. The summed E-state index contributed by atoms with van der Waals surface area (Å²) in [6.07, 6.45) is 0. The van der Waals surface area contributed by atoms with E-state index < -0.39 is 0 Å². The fourth-order valence-electron chi connectivity index (χ4n) is 1.81. The Hall–Kier alpha value is -1.51. The predicted octanol–water partition coefficient (Wildman–Crippen LogP) is 3.47. The average Bonchev–Trinajstić information content (AvgIpc) is 2.39. The highest BCUT2D eigenvalue weighted by molar-refractivity contribution is 6.32. The first kappa shape index (κ1) is 12.0. The lowest BCUT2D eigenvalue weighted by Crippen LogP contribution is -1.98. The van der Waals surface area contributed by atoms with Gasteiger partial charge in [0.1, 0.15) is 5.75 Å². The van der Waals surface area contributed by atoms with Gasteiger partial charge >= 0.3 is 0 Å². The van der Waals surface area contributed by atoms with E-state index in [-0.39, 0.29) is 0 Å². The third-order valence-corrected chi connectivity index (χ3v) is 3.01. The number of hydrogen-bond acceptors (Lipinski definition) is 2. The highest BCUT2D eigenvalue weighted by atomic mass is 35.5. The van der Waals surface area contributed by atoms with Crippen LogP contribution in [0.4, 0.5) is 0 Å². The molecule has 0 aliphatic heterocycles. The predicted molar refractivity (Wildman–Crippen MR) is 71.3 cm³/mol. The fourth-order valence-corrected chi connectivity index (χ4v) is 2.00. The Morgan fingerprint density at radius 3 is 2.65 bits per heavy atom. The minimum absolute atomic E-state index is 0.515. The summed E-state index contributed by atoms with van der Waals surface area (Å²) >= 11 is 6.01. The number of nitrogens with two attached hydrogens (primary N) is 1. The van der Waals surface area contributed by atoms with Crippen LogP contribution in [0.3, 0.4) is 0 Å². The molecule has 2 nitrogen and oxygen atoms in total. The zero-order valence-corrected chi connectivity index (χ0v) is 10.4. The van der Waals surface area contributed by atoms with Crippen LogP contribution in [0.1, 0.15) is 5.56 Å². The van der Waals surface area contributed by atoms with Gasteiger partial charge in [0.2, 0.25) is 0 Å². The first-order valence-electron chi connectivity index (χ1n) is 5.38. The Balaban J connectivity index is 2.53. The van der Waals surface area contributed by atoms with E-state index in [0.29, 0.717) is 17.3 Å². The summed E-state index contributed by atoms with van der Waals surface area (Å²) in [4.78, 5) is 0.